The second-order valence-corrected chi connectivity index (χ2v) is 4.15. The van der Waals surface area contributed by atoms with Crippen LogP contribution in [0.15, 0.2) is 18.5 Å². The van der Waals surface area contributed by atoms with Crippen LogP contribution in [0.4, 0.5) is 0 Å². The predicted octanol–water partition coefficient (Wildman–Crippen LogP) is 2.76. The minimum Gasteiger partial charge on any atom is -0.323 e. The fourth-order valence-electron chi connectivity index (χ4n) is 1.69. The van der Waals surface area contributed by atoms with E-state index in [4.69, 9.17) is 4.74 Å². The molecular weight excluding hydrogens is 186 g/mol. The van der Waals surface area contributed by atoms with Gasteiger partial charge in [-0.2, -0.15) is 4.57 Å². The molecule has 1 aromatic rings. The quantitative estimate of drug-likeness (QED) is 0.517. The van der Waals surface area contributed by atoms with E-state index in [1.807, 2.05) is 0 Å². The Morgan fingerprint density at radius 1 is 1.13 bits per heavy atom. The molecule has 0 saturated carbocycles. The van der Waals surface area contributed by atoms with Gasteiger partial charge in [-0.3, -0.25) is 0 Å². The van der Waals surface area contributed by atoms with E-state index in [-0.39, 0.29) is 0 Å². The van der Waals surface area contributed by atoms with Crippen molar-refractivity contribution in [1.29, 1.82) is 0 Å². The van der Waals surface area contributed by atoms with E-state index < -0.39 is 0 Å². The molecule has 0 spiro atoms. The van der Waals surface area contributed by atoms with Crippen molar-refractivity contribution in [3.8, 4) is 0 Å². The summed E-state index contributed by atoms with van der Waals surface area (Å²) in [5.41, 5.74) is 2.57. The van der Waals surface area contributed by atoms with Crippen molar-refractivity contribution in [1.82, 2.24) is 0 Å². The Kier molecular flexibility index (Phi) is 5.33. The van der Waals surface area contributed by atoms with Crippen LogP contribution in [0.2, 0.25) is 0 Å². The van der Waals surface area contributed by atoms with Gasteiger partial charge in [0.1, 0.15) is 0 Å². The van der Waals surface area contributed by atoms with E-state index in [1.165, 1.54) is 30.4 Å². The maximum atomic E-state index is 5.59. The number of aromatic nitrogens is 1. The molecule has 1 aromatic heterocycles. The first-order valence-electron chi connectivity index (χ1n) is 5.77. The monoisotopic (exact) mass is 208 g/mol. The molecule has 0 saturated heterocycles. The maximum absolute atomic E-state index is 5.59. The van der Waals surface area contributed by atoms with E-state index in [1.54, 1.807) is 0 Å². The lowest BCUT2D eigenvalue weighted by Gasteiger charge is -2.01. The van der Waals surface area contributed by atoms with Crippen LogP contribution in [0.5, 0.6) is 0 Å². The molecule has 1 rings (SSSR count). The van der Waals surface area contributed by atoms with Gasteiger partial charge < -0.3 is 4.74 Å². The molecular formula is C13H22NO+. The lowest BCUT2D eigenvalue weighted by molar-refractivity contribution is -0.733. The average Bonchev–Trinajstić information content (AvgIpc) is 2.16. The van der Waals surface area contributed by atoms with E-state index in [0.29, 0.717) is 6.73 Å². The molecule has 0 aliphatic rings. The highest BCUT2D eigenvalue weighted by Crippen LogP contribution is 1.98. The summed E-state index contributed by atoms with van der Waals surface area (Å²) in [6.45, 7) is 7.97. The summed E-state index contributed by atoms with van der Waals surface area (Å²) in [6.07, 6.45) is 7.92. The summed E-state index contributed by atoms with van der Waals surface area (Å²) in [5, 5.41) is 0. The molecule has 0 aliphatic heterocycles. The molecule has 0 unspecified atom stereocenters. The molecule has 84 valence electrons. The minimum atomic E-state index is 0.673. The van der Waals surface area contributed by atoms with Crippen molar-refractivity contribution in [3.05, 3.63) is 29.6 Å². The molecule has 0 atom stereocenters. The summed E-state index contributed by atoms with van der Waals surface area (Å²) in [5.74, 6) is 0. The highest BCUT2D eigenvalue weighted by atomic mass is 16.5. The standard InChI is InChI=1S/C13H22NO/c1-4-5-6-7-15-11-14-9-12(2)8-13(3)10-14/h8-10H,4-7,11H2,1-3H3/q+1. The van der Waals surface area contributed by atoms with Gasteiger partial charge in [0, 0.05) is 11.1 Å². The molecule has 0 bridgehead atoms. The normalized spacial score (nSPS) is 10.6. The first-order chi connectivity index (χ1) is 7.22. The number of hydrogen-bond acceptors (Lipinski definition) is 1. The number of aryl methyl sites for hydroxylation is 2. The smallest absolute Gasteiger partial charge is 0.252 e. The van der Waals surface area contributed by atoms with Crippen molar-refractivity contribution < 1.29 is 9.30 Å². The summed E-state index contributed by atoms with van der Waals surface area (Å²) in [4.78, 5) is 0. The van der Waals surface area contributed by atoms with Gasteiger partial charge in [0.15, 0.2) is 12.4 Å². The summed E-state index contributed by atoms with van der Waals surface area (Å²) in [7, 11) is 0. The number of ether oxygens (including phenoxy) is 1. The third-order valence-corrected chi connectivity index (χ3v) is 2.33. The second kappa shape index (κ2) is 6.57. The van der Waals surface area contributed by atoms with Crippen LogP contribution in [0.3, 0.4) is 0 Å². The fourth-order valence-corrected chi connectivity index (χ4v) is 1.69. The molecule has 0 fully saturated rings. The van der Waals surface area contributed by atoms with Crippen LogP contribution in [0.25, 0.3) is 0 Å². The van der Waals surface area contributed by atoms with Gasteiger partial charge in [0.2, 0.25) is 0 Å². The molecule has 15 heavy (non-hydrogen) atoms. The van der Waals surface area contributed by atoms with Gasteiger partial charge in [-0.05, 0) is 26.3 Å². The molecule has 0 N–H and O–H groups in total. The topological polar surface area (TPSA) is 13.1 Å². The van der Waals surface area contributed by atoms with Crippen LogP contribution in [0.1, 0.15) is 37.3 Å². The number of rotatable bonds is 6. The first kappa shape index (κ1) is 12.2. The van der Waals surface area contributed by atoms with Crippen molar-refractivity contribution in [2.75, 3.05) is 6.61 Å². The average molecular weight is 208 g/mol. The lowest BCUT2D eigenvalue weighted by atomic mass is 10.2. The largest absolute Gasteiger partial charge is 0.323 e. The van der Waals surface area contributed by atoms with Gasteiger partial charge >= 0.3 is 0 Å². The lowest BCUT2D eigenvalue weighted by Crippen LogP contribution is -2.35. The number of hydrogen-bond donors (Lipinski definition) is 0. The van der Waals surface area contributed by atoms with Crippen LogP contribution < -0.4 is 4.57 Å². The molecule has 0 aromatic carbocycles. The Hall–Kier alpha value is -0.890. The highest BCUT2D eigenvalue weighted by molar-refractivity contribution is 5.11. The van der Waals surface area contributed by atoms with Gasteiger partial charge in [-0.15, -0.1) is 0 Å². The Labute approximate surface area is 92.9 Å². The van der Waals surface area contributed by atoms with Crippen LogP contribution in [-0.2, 0) is 11.5 Å². The zero-order chi connectivity index (χ0) is 11.1. The summed E-state index contributed by atoms with van der Waals surface area (Å²) >= 11 is 0. The van der Waals surface area contributed by atoms with E-state index >= 15 is 0 Å². The van der Waals surface area contributed by atoms with E-state index in [0.717, 1.165) is 6.61 Å². The number of unbranched alkanes of at least 4 members (excludes halogenated alkanes) is 2. The van der Waals surface area contributed by atoms with Crippen LogP contribution in [0, 0.1) is 13.8 Å². The number of pyridine rings is 1. The molecule has 0 amide bonds. The second-order valence-electron chi connectivity index (χ2n) is 4.15. The van der Waals surface area contributed by atoms with Crippen LogP contribution >= 0.6 is 0 Å². The van der Waals surface area contributed by atoms with Gasteiger partial charge in [-0.25, -0.2) is 0 Å². The van der Waals surface area contributed by atoms with Crippen molar-refractivity contribution in [2.45, 2.75) is 46.8 Å². The molecule has 2 nitrogen and oxygen atoms in total. The Bertz CT molecular complexity index is 276. The molecule has 1 heterocycles. The minimum absolute atomic E-state index is 0.673. The zero-order valence-corrected chi connectivity index (χ0v) is 10.1. The van der Waals surface area contributed by atoms with Crippen LogP contribution in [-0.4, -0.2) is 6.61 Å². The first-order valence-corrected chi connectivity index (χ1v) is 5.77. The predicted molar refractivity (Wildman–Crippen MR) is 61.6 cm³/mol. The molecule has 0 aliphatic carbocycles. The fraction of sp³-hybridized carbons (Fsp3) is 0.615. The summed E-state index contributed by atoms with van der Waals surface area (Å²) < 4.78 is 7.70. The van der Waals surface area contributed by atoms with E-state index in [2.05, 4.69) is 43.8 Å². The third-order valence-electron chi connectivity index (χ3n) is 2.33. The van der Waals surface area contributed by atoms with Gasteiger partial charge in [0.05, 0.1) is 6.61 Å². The maximum Gasteiger partial charge on any atom is 0.252 e. The summed E-state index contributed by atoms with van der Waals surface area (Å²) in [6, 6.07) is 2.17. The van der Waals surface area contributed by atoms with E-state index in [9.17, 15) is 0 Å². The highest BCUT2D eigenvalue weighted by Gasteiger charge is 2.02. The van der Waals surface area contributed by atoms with Gasteiger partial charge in [0.25, 0.3) is 6.73 Å². The zero-order valence-electron chi connectivity index (χ0n) is 10.1. The van der Waals surface area contributed by atoms with Crippen molar-refractivity contribution in [2.24, 2.45) is 0 Å². The molecule has 2 heteroatoms. The van der Waals surface area contributed by atoms with Gasteiger partial charge in [-0.1, -0.05) is 19.8 Å². The Balaban J connectivity index is 2.31. The number of nitrogens with zero attached hydrogens (tertiary/aromatic N) is 1. The Morgan fingerprint density at radius 3 is 2.40 bits per heavy atom. The Morgan fingerprint density at radius 2 is 1.80 bits per heavy atom. The molecule has 0 radical (unpaired) electrons. The third kappa shape index (κ3) is 4.93. The van der Waals surface area contributed by atoms with Crippen molar-refractivity contribution in [3.63, 3.8) is 0 Å². The SMILES string of the molecule is CCCCCOC[n+]1cc(C)cc(C)c1. The van der Waals surface area contributed by atoms with Crippen molar-refractivity contribution >= 4 is 0 Å².